The van der Waals surface area contributed by atoms with E-state index in [9.17, 15) is 13.6 Å². The maximum atomic E-state index is 14.2. The molecule has 5 N–H and O–H groups in total. The molecule has 8 nitrogen and oxygen atoms in total. The number of nitrogens with one attached hydrogen (secondary N) is 1. The Morgan fingerprint density at radius 3 is 2.79 bits per heavy atom. The number of anilines is 2. The molecule has 2 aromatic heterocycles. The molecule has 0 fully saturated rings. The van der Waals surface area contributed by atoms with Crippen LogP contribution in [0.3, 0.4) is 0 Å². The fraction of sp³-hybridized carbons (Fsp3) is 0.179. The zero-order valence-electron chi connectivity index (χ0n) is 20.4. The van der Waals surface area contributed by atoms with Gasteiger partial charge in [0.25, 0.3) is 0 Å². The summed E-state index contributed by atoms with van der Waals surface area (Å²) in [6.07, 6.45) is 3.88. The minimum atomic E-state index is -0.831. The zero-order valence-corrected chi connectivity index (χ0v) is 20.4. The maximum Gasteiger partial charge on any atom is 0.200 e. The number of ether oxygens (including phenoxy) is 1. The highest BCUT2D eigenvalue weighted by molar-refractivity contribution is 5.83. The number of rotatable bonds is 7. The Morgan fingerprint density at radius 1 is 1.18 bits per heavy atom. The van der Waals surface area contributed by atoms with Crippen LogP contribution in [0.25, 0.3) is 22.1 Å². The van der Waals surface area contributed by atoms with Gasteiger partial charge in [-0.05, 0) is 47.6 Å². The second-order valence-electron chi connectivity index (χ2n) is 8.84. The molecule has 0 aliphatic heterocycles. The topological polar surface area (TPSA) is 129 Å². The number of para-hydroxylation sites is 1. The highest BCUT2D eigenvalue weighted by Crippen LogP contribution is 2.35. The van der Waals surface area contributed by atoms with Crippen molar-refractivity contribution in [3.63, 3.8) is 0 Å². The molecule has 0 spiro atoms. The summed E-state index contributed by atoms with van der Waals surface area (Å²) in [6.45, 7) is -0.00387. The molecule has 0 amide bonds. The molecule has 194 valence electrons. The molecule has 1 aliphatic carbocycles. The van der Waals surface area contributed by atoms with Crippen molar-refractivity contribution in [3.8, 4) is 11.1 Å². The summed E-state index contributed by atoms with van der Waals surface area (Å²) in [5, 5.41) is 3.51. The number of hydrogen-bond donors (Lipinski definition) is 3. The van der Waals surface area contributed by atoms with Crippen molar-refractivity contribution in [2.75, 3.05) is 18.2 Å². The molecule has 2 aromatic carbocycles. The fourth-order valence-electron chi connectivity index (χ4n) is 4.58. The van der Waals surface area contributed by atoms with Gasteiger partial charge in [-0.3, -0.25) is 4.79 Å². The van der Waals surface area contributed by atoms with E-state index < -0.39 is 23.8 Å². The van der Waals surface area contributed by atoms with Crippen LogP contribution in [0.15, 0.2) is 87.6 Å². The third-order valence-corrected chi connectivity index (χ3v) is 6.43. The van der Waals surface area contributed by atoms with Crippen molar-refractivity contribution in [3.05, 3.63) is 106 Å². The number of hydrogen-bond acceptors (Lipinski definition) is 8. The molecule has 0 radical (unpaired) electrons. The van der Waals surface area contributed by atoms with Crippen molar-refractivity contribution >= 4 is 22.6 Å². The number of methoxy groups -OCH3 is 1. The Balaban J connectivity index is 1.54. The first-order valence-corrected chi connectivity index (χ1v) is 11.9. The highest BCUT2D eigenvalue weighted by Gasteiger charge is 2.26. The first kappa shape index (κ1) is 25.2. The molecule has 2 atom stereocenters. The summed E-state index contributed by atoms with van der Waals surface area (Å²) in [5.74, 6) is -0.277. The second kappa shape index (κ2) is 10.5. The van der Waals surface area contributed by atoms with Crippen molar-refractivity contribution in [1.82, 2.24) is 9.97 Å². The van der Waals surface area contributed by atoms with E-state index in [0.717, 1.165) is 0 Å². The normalized spacial score (nSPS) is 16.2. The zero-order chi connectivity index (χ0) is 26.8. The molecule has 0 saturated carbocycles. The van der Waals surface area contributed by atoms with Gasteiger partial charge >= 0.3 is 0 Å². The molecule has 2 heterocycles. The lowest BCUT2D eigenvalue weighted by molar-refractivity contribution is 0.136. The van der Waals surface area contributed by atoms with Crippen LogP contribution < -0.4 is 22.2 Å². The molecule has 1 aliphatic rings. The van der Waals surface area contributed by atoms with Gasteiger partial charge in [-0.15, -0.1) is 0 Å². The Kier molecular flexibility index (Phi) is 6.99. The molecule has 0 saturated heterocycles. The van der Waals surface area contributed by atoms with Crippen LogP contribution in [0.2, 0.25) is 0 Å². The fourth-order valence-corrected chi connectivity index (χ4v) is 4.58. The van der Waals surface area contributed by atoms with E-state index in [0.29, 0.717) is 34.1 Å². The number of allylic oxidation sites excluding steroid dienone is 2. The quantitative estimate of drug-likeness (QED) is 0.319. The van der Waals surface area contributed by atoms with E-state index in [1.807, 2.05) is 0 Å². The third-order valence-electron chi connectivity index (χ3n) is 6.43. The minimum absolute atomic E-state index is 0.00387. The van der Waals surface area contributed by atoms with E-state index in [2.05, 4.69) is 15.3 Å². The van der Waals surface area contributed by atoms with Gasteiger partial charge in [0.05, 0.1) is 35.2 Å². The average molecular weight is 518 g/mol. The van der Waals surface area contributed by atoms with E-state index >= 15 is 0 Å². The van der Waals surface area contributed by atoms with Crippen molar-refractivity contribution in [2.45, 2.75) is 25.1 Å². The van der Waals surface area contributed by atoms with Gasteiger partial charge in [0, 0.05) is 13.5 Å². The Morgan fingerprint density at radius 2 is 2.00 bits per heavy atom. The SMILES string of the molecule is COC1C=C(F)C=C(C(N)c2c(N)ncnc2NCc2oc3ccccc3c(=O)c2-c2cccc(F)c2)C1. The number of halogens is 2. The predicted molar refractivity (Wildman–Crippen MR) is 141 cm³/mol. The van der Waals surface area contributed by atoms with E-state index in [1.54, 1.807) is 30.3 Å². The number of benzene rings is 2. The van der Waals surface area contributed by atoms with E-state index in [-0.39, 0.29) is 34.9 Å². The summed E-state index contributed by atoms with van der Waals surface area (Å²) in [4.78, 5) is 21.8. The maximum absolute atomic E-state index is 14.2. The first-order valence-electron chi connectivity index (χ1n) is 11.9. The van der Waals surface area contributed by atoms with Crippen LogP contribution in [0.1, 0.15) is 23.8 Å². The number of fused-ring (bicyclic) bond motifs is 1. The second-order valence-corrected chi connectivity index (χ2v) is 8.84. The van der Waals surface area contributed by atoms with Crippen LogP contribution in [0, 0.1) is 5.82 Å². The Bertz CT molecular complexity index is 1630. The number of nitrogen functional groups attached to an aromatic ring is 1. The van der Waals surface area contributed by atoms with Gasteiger partial charge in [-0.1, -0.05) is 24.3 Å². The van der Waals surface area contributed by atoms with Crippen LogP contribution in [0.5, 0.6) is 0 Å². The van der Waals surface area contributed by atoms with Gasteiger partial charge in [0.2, 0.25) is 5.43 Å². The van der Waals surface area contributed by atoms with Gasteiger partial charge < -0.3 is 25.9 Å². The number of nitrogens with zero attached hydrogens (tertiary/aromatic N) is 2. The molecule has 5 rings (SSSR count). The molecule has 4 aromatic rings. The molecular formula is C28H25F2N5O3. The monoisotopic (exact) mass is 517 g/mol. The molecule has 10 heteroatoms. The van der Waals surface area contributed by atoms with Crippen molar-refractivity contribution in [1.29, 1.82) is 0 Å². The van der Waals surface area contributed by atoms with Gasteiger partial charge in [-0.2, -0.15) is 0 Å². The average Bonchev–Trinajstić information content (AvgIpc) is 2.91. The lowest BCUT2D eigenvalue weighted by Crippen LogP contribution is -2.23. The summed E-state index contributed by atoms with van der Waals surface area (Å²) in [7, 11) is 1.49. The van der Waals surface area contributed by atoms with Gasteiger partial charge in [0.1, 0.15) is 41.0 Å². The van der Waals surface area contributed by atoms with Crippen LogP contribution >= 0.6 is 0 Å². The van der Waals surface area contributed by atoms with Crippen LogP contribution in [-0.2, 0) is 11.3 Å². The summed E-state index contributed by atoms with van der Waals surface area (Å²) < 4.78 is 39.7. The summed E-state index contributed by atoms with van der Waals surface area (Å²) in [6, 6.07) is 11.7. The van der Waals surface area contributed by atoms with Crippen molar-refractivity contribution in [2.24, 2.45) is 5.73 Å². The summed E-state index contributed by atoms with van der Waals surface area (Å²) >= 11 is 0. The number of aromatic nitrogens is 2. The van der Waals surface area contributed by atoms with Gasteiger partial charge in [-0.25, -0.2) is 18.7 Å². The van der Waals surface area contributed by atoms with Gasteiger partial charge in [0.15, 0.2) is 0 Å². The predicted octanol–water partition coefficient (Wildman–Crippen LogP) is 4.78. The van der Waals surface area contributed by atoms with E-state index in [4.69, 9.17) is 20.6 Å². The summed E-state index contributed by atoms with van der Waals surface area (Å²) in [5.41, 5.74) is 14.3. The lowest BCUT2D eigenvalue weighted by atomic mass is 9.91. The molecule has 2 unspecified atom stereocenters. The Hall–Kier alpha value is -4.41. The van der Waals surface area contributed by atoms with Crippen LogP contribution in [-0.4, -0.2) is 23.2 Å². The van der Waals surface area contributed by atoms with Crippen molar-refractivity contribution < 1.29 is 17.9 Å². The molecular weight excluding hydrogens is 492 g/mol. The Labute approximate surface area is 216 Å². The molecule has 38 heavy (non-hydrogen) atoms. The number of nitrogens with two attached hydrogens (primary N) is 2. The lowest BCUT2D eigenvalue weighted by Gasteiger charge is -2.25. The third kappa shape index (κ3) is 4.91. The highest BCUT2D eigenvalue weighted by atomic mass is 19.1. The largest absolute Gasteiger partial charge is 0.458 e. The molecule has 0 bridgehead atoms. The van der Waals surface area contributed by atoms with E-state index in [1.165, 1.54) is 43.8 Å². The minimum Gasteiger partial charge on any atom is -0.458 e. The van der Waals surface area contributed by atoms with Crippen LogP contribution in [0.4, 0.5) is 20.4 Å². The standard InChI is InChI=1S/C28H25F2N5O3/c1-37-19-11-16(10-18(30)12-19)25(31)24-27(32)34-14-35-28(24)33-13-22-23(15-5-4-6-17(29)9-15)26(36)20-7-2-3-8-21(20)38-22/h2-10,12,14,19,25H,11,13,31H2,1H3,(H3,32,33,34,35). The smallest absolute Gasteiger partial charge is 0.200 e. The first-order chi connectivity index (χ1) is 18.4.